The van der Waals surface area contributed by atoms with Gasteiger partial charge in [-0.15, -0.1) is 11.8 Å². The molecule has 16 heavy (non-hydrogen) atoms. The van der Waals surface area contributed by atoms with Gasteiger partial charge in [-0.3, -0.25) is 0 Å². The van der Waals surface area contributed by atoms with E-state index in [1.54, 1.807) is 29.3 Å². The molecular weight excluding hydrogens is 247 g/mol. The topological polar surface area (TPSA) is 9.23 Å². The lowest BCUT2D eigenvalue weighted by Gasteiger charge is -2.03. The van der Waals surface area contributed by atoms with Gasteiger partial charge in [-0.1, -0.05) is 13.3 Å². The molecule has 0 N–H and O–H groups in total. The van der Waals surface area contributed by atoms with E-state index in [1.165, 1.54) is 12.1 Å². The van der Waals surface area contributed by atoms with Crippen LogP contribution < -0.4 is 4.74 Å². The number of unbranched alkanes of at least 4 members (excludes halogenated alkanes) is 1. The first-order valence-electron chi connectivity index (χ1n) is 5.13. The van der Waals surface area contributed by atoms with Crippen LogP contribution in [0.4, 0.5) is 4.39 Å². The lowest BCUT2D eigenvalue weighted by atomic mass is 10.3. The molecule has 4 heteroatoms. The fraction of sp³-hybridized carbons (Fsp3) is 0.333. The number of rotatable bonds is 6. The minimum atomic E-state index is -0.287. The van der Waals surface area contributed by atoms with Crippen molar-refractivity contribution in [2.24, 2.45) is 0 Å². The zero-order valence-corrected chi connectivity index (χ0v) is 10.7. The highest BCUT2D eigenvalue weighted by Crippen LogP contribution is 2.19. The predicted octanol–water partition coefficient (Wildman–Crippen LogP) is 4.78. The zero-order valence-electron chi connectivity index (χ0n) is 9.08. The summed E-state index contributed by atoms with van der Waals surface area (Å²) in [6.07, 6.45) is 2.32. The lowest BCUT2D eigenvalue weighted by molar-refractivity contribution is 0.462. The van der Waals surface area contributed by atoms with E-state index in [9.17, 15) is 4.39 Å². The van der Waals surface area contributed by atoms with E-state index in [1.807, 2.05) is 0 Å². The molecule has 1 aromatic carbocycles. The molecule has 1 aromatic rings. The molecule has 0 bridgehead atoms. The van der Waals surface area contributed by atoms with Crippen LogP contribution in [-0.2, 0) is 0 Å². The van der Waals surface area contributed by atoms with Crippen LogP contribution in [0.1, 0.15) is 19.8 Å². The molecule has 0 aliphatic heterocycles. The third kappa shape index (κ3) is 5.42. The number of hydrogen-bond acceptors (Lipinski definition) is 2. The van der Waals surface area contributed by atoms with E-state index < -0.39 is 0 Å². The Hall–Kier alpha value is -0.670. The van der Waals surface area contributed by atoms with Crippen molar-refractivity contribution in [2.75, 3.05) is 5.75 Å². The second-order valence-electron chi connectivity index (χ2n) is 3.20. The Balaban J connectivity index is 2.38. The maximum absolute atomic E-state index is 12.6. The average molecular weight is 261 g/mol. The fourth-order valence-electron chi connectivity index (χ4n) is 0.991. The van der Waals surface area contributed by atoms with Crippen LogP contribution in [-0.4, -0.2) is 5.75 Å². The van der Waals surface area contributed by atoms with Crippen LogP contribution in [0.25, 0.3) is 0 Å². The maximum atomic E-state index is 12.6. The number of benzene rings is 1. The number of halogens is 2. The molecule has 0 saturated heterocycles. The molecule has 1 rings (SSSR count). The summed E-state index contributed by atoms with van der Waals surface area (Å²) in [7, 11) is 0. The third-order valence-electron chi connectivity index (χ3n) is 1.82. The van der Waals surface area contributed by atoms with E-state index in [-0.39, 0.29) is 5.82 Å². The van der Waals surface area contributed by atoms with E-state index in [4.69, 9.17) is 16.3 Å². The van der Waals surface area contributed by atoms with Crippen molar-refractivity contribution in [3.05, 3.63) is 40.7 Å². The van der Waals surface area contributed by atoms with Gasteiger partial charge in [-0.2, -0.15) is 0 Å². The molecule has 0 aliphatic carbocycles. The van der Waals surface area contributed by atoms with Crippen LogP contribution >= 0.6 is 23.4 Å². The molecule has 0 aromatic heterocycles. The van der Waals surface area contributed by atoms with Crippen LogP contribution in [0, 0.1) is 5.82 Å². The summed E-state index contributed by atoms with van der Waals surface area (Å²) in [6.45, 7) is 2.14. The molecule has 1 nitrogen and oxygen atoms in total. The summed E-state index contributed by atoms with van der Waals surface area (Å²) in [5.41, 5.74) is 0. The van der Waals surface area contributed by atoms with Gasteiger partial charge in [0.2, 0.25) is 0 Å². The van der Waals surface area contributed by atoms with Crippen molar-refractivity contribution in [1.29, 1.82) is 0 Å². The highest BCUT2D eigenvalue weighted by Gasteiger charge is 1.97. The number of ether oxygens (including phenoxy) is 1. The third-order valence-corrected chi connectivity index (χ3v) is 3.04. The van der Waals surface area contributed by atoms with E-state index in [0.29, 0.717) is 11.0 Å². The van der Waals surface area contributed by atoms with Gasteiger partial charge in [0.25, 0.3) is 0 Å². The SMILES string of the molecule is CCCCS/C=C(/Cl)Oc1ccc(F)cc1. The standard InChI is InChI=1S/C12H14ClFOS/c1-2-3-8-16-9-12(13)15-11-6-4-10(14)5-7-11/h4-7,9H,2-3,8H2,1H3/b12-9-. The molecule has 0 atom stereocenters. The minimum Gasteiger partial charge on any atom is -0.445 e. The van der Waals surface area contributed by atoms with Crippen molar-refractivity contribution in [3.8, 4) is 5.75 Å². The monoisotopic (exact) mass is 260 g/mol. The van der Waals surface area contributed by atoms with Crippen LogP contribution in [0.15, 0.2) is 34.9 Å². The van der Waals surface area contributed by atoms with Crippen molar-refractivity contribution in [3.63, 3.8) is 0 Å². The van der Waals surface area contributed by atoms with Crippen LogP contribution in [0.5, 0.6) is 5.75 Å². The van der Waals surface area contributed by atoms with Gasteiger partial charge in [0.1, 0.15) is 11.6 Å². The lowest BCUT2D eigenvalue weighted by Crippen LogP contribution is -1.88. The molecule has 0 radical (unpaired) electrons. The first kappa shape index (κ1) is 13.4. The summed E-state index contributed by atoms with van der Waals surface area (Å²) in [6, 6.07) is 5.76. The highest BCUT2D eigenvalue weighted by molar-refractivity contribution is 8.02. The molecule has 0 saturated carbocycles. The van der Waals surface area contributed by atoms with Crippen molar-refractivity contribution >= 4 is 23.4 Å². The van der Waals surface area contributed by atoms with E-state index in [2.05, 4.69) is 6.92 Å². The average Bonchev–Trinajstić information content (AvgIpc) is 2.28. The van der Waals surface area contributed by atoms with E-state index >= 15 is 0 Å². The Morgan fingerprint density at radius 1 is 1.44 bits per heavy atom. The van der Waals surface area contributed by atoms with Gasteiger partial charge < -0.3 is 4.74 Å². The first-order valence-corrected chi connectivity index (χ1v) is 6.55. The Labute approximate surface area is 105 Å². The molecule has 88 valence electrons. The van der Waals surface area contributed by atoms with Gasteiger partial charge in [-0.05, 0) is 48.0 Å². The minimum absolute atomic E-state index is 0.287. The largest absolute Gasteiger partial charge is 0.445 e. The van der Waals surface area contributed by atoms with E-state index in [0.717, 1.165) is 18.6 Å². The molecule has 0 amide bonds. The molecule has 0 spiro atoms. The fourth-order valence-corrected chi connectivity index (χ4v) is 2.02. The van der Waals surface area contributed by atoms with Gasteiger partial charge in [0, 0.05) is 5.41 Å². The molecule has 0 fully saturated rings. The van der Waals surface area contributed by atoms with Crippen molar-refractivity contribution in [1.82, 2.24) is 0 Å². The predicted molar refractivity (Wildman–Crippen MR) is 68.3 cm³/mol. The summed E-state index contributed by atoms with van der Waals surface area (Å²) in [5.74, 6) is 1.28. The first-order chi connectivity index (χ1) is 7.72. The second-order valence-corrected chi connectivity index (χ2v) is 4.55. The second kappa shape index (κ2) is 7.58. The van der Waals surface area contributed by atoms with Crippen molar-refractivity contribution < 1.29 is 9.13 Å². The molecular formula is C12H14ClFOS. The van der Waals surface area contributed by atoms with Gasteiger partial charge in [0.05, 0.1) is 0 Å². The zero-order chi connectivity index (χ0) is 11.8. The van der Waals surface area contributed by atoms with Gasteiger partial charge in [0.15, 0.2) is 5.22 Å². The molecule has 0 aliphatic rings. The summed E-state index contributed by atoms with van der Waals surface area (Å²) >= 11 is 7.47. The van der Waals surface area contributed by atoms with Gasteiger partial charge in [-0.25, -0.2) is 4.39 Å². The van der Waals surface area contributed by atoms with Crippen LogP contribution in [0.3, 0.4) is 0 Å². The van der Waals surface area contributed by atoms with Gasteiger partial charge >= 0.3 is 0 Å². The Morgan fingerprint density at radius 3 is 2.75 bits per heavy atom. The summed E-state index contributed by atoms with van der Waals surface area (Å²) in [4.78, 5) is 0. The normalized spacial score (nSPS) is 11.6. The Morgan fingerprint density at radius 2 is 2.12 bits per heavy atom. The molecule has 0 unspecified atom stereocenters. The smallest absolute Gasteiger partial charge is 0.200 e. The van der Waals surface area contributed by atoms with Crippen molar-refractivity contribution in [2.45, 2.75) is 19.8 Å². The maximum Gasteiger partial charge on any atom is 0.200 e. The van der Waals surface area contributed by atoms with Crippen LogP contribution in [0.2, 0.25) is 0 Å². The number of hydrogen-bond donors (Lipinski definition) is 0. The summed E-state index contributed by atoms with van der Waals surface area (Å²) < 4.78 is 17.9. The molecule has 0 heterocycles. The Kier molecular flexibility index (Phi) is 6.34. The Bertz CT molecular complexity index is 337. The quantitative estimate of drug-likeness (QED) is 0.538. The highest BCUT2D eigenvalue weighted by atomic mass is 35.5. The summed E-state index contributed by atoms with van der Waals surface area (Å²) in [5, 5.41) is 2.08. The number of thioether (sulfide) groups is 1.